The minimum absolute atomic E-state index is 0.514. The molecule has 0 radical (unpaired) electrons. The summed E-state index contributed by atoms with van der Waals surface area (Å²) in [6.45, 7) is 8.25. The Bertz CT molecular complexity index is 550. The average molecular weight is 326 g/mol. The van der Waals surface area contributed by atoms with Crippen LogP contribution in [0.15, 0.2) is 36.9 Å². The Labute approximate surface area is 144 Å². The van der Waals surface area contributed by atoms with E-state index in [0.717, 1.165) is 50.7 Å². The normalized spacial score (nSPS) is 22.6. The van der Waals surface area contributed by atoms with Crippen LogP contribution in [-0.2, 0) is 13.1 Å². The number of aromatic nitrogens is 4. The van der Waals surface area contributed by atoms with Gasteiger partial charge in [0.25, 0.3) is 0 Å². The van der Waals surface area contributed by atoms with Gasteiger partial charge < -0.3 is 0 Å². The van der Waals surface area contributed by atoms with E-state index in [2.05, 4.69) is 43.6 Å². The standard InChI is InChI=1S/C18H26N6/c1-3-15-11-24(14-18-21-9-6-10-22-18)16(4-2)12-23(15)13-17-19-7-5-8-20-17/h5-10,15-16H,3-4,11-14H2,1-2H3/t15-,16-/m1/s1. The maximum atomic E-state index is 4.39. The highest BCUT2D eigenvalue weighted by Gasteiger charge is 2.32. The lowest BCUT2D eigenvalue weighted by atomic mass is 10.0. The number of rotatable bonds is 6. The molecule has 6 heteroatoms. The lowest BCUT2D eigenvalue weighted by molar-refractivity contribution is 0.0123. The van der Waals surface area contributed by atoms with E-state index >= 15 is 0 Å². The molecule has 0 N–H and O–H groups in total. The van der Waals surface area contributed by atoms with Crippen molar-refractivity contribution in [1.29, 1.82) is 0 Å². The summed E-state index contributed by atoms with van der Waals surface area (Å²) in [5, 5.41) is 0. The van der Waals surface area contributed by atoms with Crippen molar-refractivity contribution in [3.05, 3.63) is 48.6 Å². The maximum Gasteiger partial charge on any atom is 0.142 e. The first-order valence-corrected chi connectivity index (χ1v) is 8.80. The van der Waals surface area contributed by atoms with E-state index in [1.165, 1.54) is 0 Å². The van der Waals surface area contributed by atoms with E-state index in [1.807, 2.05) is 36.9 Å². The second-order valence-corrected chi connectivity index (χ2v) is 6.31. The molecule has 3 heterocycles. The number of nitrogens with zero attached hydrogens (tertiary/aromatic N) is 6. The highest BCUT2D eigenvalue weighted by molar-refractivity contribution is 4.96. The van der Waals surface area contributed by atoms with Crippen LogP contribution in [0.1, 0.15) is 38.3 Å². The van der Waals surface area contributed by atoms with Crippen LogP contribution in [-0.4, -0.2) is 54.9 Å². The van der Waals surface area contributed by atoms with Crippen LogP contribution < -0.4 is 0 Å². The van der Waals surface area contributed by atoms with Crippen molar-refractivity contribution < 1.29 is 0 Å². The Hall–Kier alpha value is -1.92. The summed E-state index contributed by atoms with van der Waals surface area (Å²) in [4.78, 5) is 22.6. The SMILES string of the molecule is CC[C@@H]1CN(Cc2ncccn2)[C@H](CC)CN1Cc1ncccn1. The third kappa shape index (κ3) is 4.13. The van der Waals surface area contributed by atoms with Crippen LogP contribution >= 0.6 is 0 Å². The van der Waals surface area contributed by atoms with E-state index in [1.54, 1.807) is 0 Å². The van der Waals surface area contributed by atoms with Gasteiger partial charge in [-0.25, -0.2) is 19.9 Å². The summed E-state index contributed by atoms with van der Waals surface area (Å²) >= 11 is 0. The largest absolute Gasteiger partial charge is 0.290 e. The summed E-state index contributed by atoms with van der Waals surface area (Å²) < 4.78 is 0. The van der Waals surface area contributed by atoms with Crippen molar-refractivity contribution in [3.8, 4) is 0 Å². The molecule has 2 atom stereocenters. The van der Waals surface area contributed by atoms with Crippen molar-refractivity contribution >= 4 is 0 Å². The minimum Gasteiger partial charge on any atom is -0.290 e. The molecule has 0 spiro atoms. The fraction of sp³-hybridized carbons (Fsp3) is 0.556. The molecule has 3 rings (SSSR count). The van der Waals surface area contributed by atoms with Gasteiger partial charge in [0, 0.05) is 50.0 Å². The molecule has 6 nitrogen and oxygen atoms in total. The fourth-order valence-corrected chi connectivity index (χ4v) is 3.42. The van der Waals surface area contributed by atoms with E-state index in [0.29, 0.717) is 12.1 Å². The van der Waals surface area contributed by atoms with Crippen molar-refractivity contribution in [2.75, 3.05) is 13.1 Å². The number of hydrogen-bond donors (Lipinski definition) is 0. The third-order valence-corrected chi connectivity index (χ3v) is 4.79. The monoisotopic (exact) mass is 326 g/mol. The second-order valence-electron chi connectivity index (χ2n) is 6.31. The summed E-state index contributed by atoms with van der Waals surface area (Å²) in [6, 6.07) is 4.77. The van der Waals surface area contributed by atoms with Gasteiger partial charge in [0.05, 0.1) is 13.1 Å². The smallest absolute Gasteiger partial charge is 0.142 e. The molecular formula is C18H26N6. The van der Waals surface area contributed by atoms with Crippen LogP contribution in [0.4, 0.5) is 0 Å². The van der Waals surface area contributed by atoms with Crippen molar-refractivity contribution in [2.24, 2.45) is 0 Å². The maximum absolute atomic E-state index is 4.39. The minimum atomic E-state index is 0.514. The molecule has 0 amide bonds. The zero-order valence-corrected chi connectivity index (χ0v) is 14.5. The van der Waals surface area contributed by atoms with Crippen LogP contribution in [0.25, 0.3) is 0 Å². The average Bonchev–Trinajstić information content (AvgIpc) is 2.64. The molecule has 0 aliphatic carbocycles. The molecule has 1 aliphatic heterocycles. The van der Waals surface area contributed by atoms with Crippen molar-refractivity contribution in [3.63, 3.8) is 0 Å². The van der Waals surface area contributed by atoms with Gasteiger partial charge in [-0.1, -0.05) is 13.8 Å². The van der Waals surface area contributed by atoms with Gasteiger partial charge in [-0.2, -0.15) is 0 Å². The van der Waals surface area contributed by atoms with Gasteiger partial charge in [0.1, 0.15) is 11.6 Å². The summed E-state index contributed by atoms with van der Waals surface area (Å²) in [5.74, 6) is 1.82. The van der Waals surface area contributed by atoms with E-state index < -0.39 is 0 Å². The zero-order chi connectivity index (χ0) is 16.8. The molecule has 0 bridgehead atoms. The van der Waals surface area contributed by atoms with Gasteiger partial charge in [0.2, 0.25) is 0 Å². The molecule has 2 aromatic heterocycles. The lowest BCUT2D eigenvalue weighted by Crippen LogP contribution is -2.57. The molecular weight excluding hydrogens is 300 g/mol. The van der Waals surface area contributed by atoms with Gasteiger partial charge in [-0.3, -0.25) is 9.80 Å². The van der Waals surface area contributed by atoms with Gasteiger partial charge in [0.15, 0.2) is 0 Å². The predicted molar refractivity (Wildman–Crippen MR) is 93.0 cm³/mol. The predicted octanol–water partition coefficient (Wildman–Crippen LogP) is 2.14. The zero-order valence-electron chi connectivity index (χ0n) is 14.5. The van der Waals surface area contributed by atoms with E-state index in [-0.39, 0.29) is 0 Å². The van der Waals surface area contributed by atoms with Crippen LogP contribution in [0.5, 0.6) is 0 Å². The molecule has 1 fully saturated rings. The molecule has 128 valence electrons. The van der Waals surface area contributed by atoms with Crippen molar-refractivity contribution in [1.82, 2.24) is 29.7 Å². The number of piperazine rings is 1. The lowest BCUT2D eigenvalue weighted by Gasteiger charge is -2.45. The Morgan fingerprint density at radius 2 is 1.12 bits per heavy atom. The topological polar surface area (TPSA) is 58.0 Å². The van der Waals surface area contributed by atoms with Crippen LogP contribution in [0.3, 0.4) is 0 Å². The van der Waals surface area contributed by atoms with Gasteiger partial charge >= 0.3 is 0 Å². The highest BCUT2D eigenvalue weighted by atomic mass is 15.3. The first-order valence-electron chi connectivity index (χ1n) is 8.80. The molecule has 24 heavy (non-hydrogen) atoms. The Balaban J connectivity index is 1.69. The molecule has 0 aromatic carbocycles. The molecule has 1 saturated heterocycles. The first kappa shape index (κ1) is 16.9. The quantitative estimate of drug-likeness (QED) is 0.811. The Morgan fingerprint density at radius 3 is 1.46 bits per heavy atom. The summed E-state index contributed by atoms with van der Waals surface area (Å²) in [7, 11) is 0. The summed E-state index contributed by atoms with van der Waals surface area (Å²) in [5.41, 5.74) is 0. The summed E-state index contributed by atoms with van der Waals surface area (Å²) in [6.07, 6.45) is 9.53. The highest BCUT2D eigenvalue weighted by Crippen LogP contribution is 2.22. The first-order chi connectivity index (χ1) is 11.8. The van der Waals surface area contributed by atoms with Crippen LogP contribution in [0, 0.1) is 0 Å². The van der Waals surface area contributed by atoms with Crippen molar-refractivity contribution in [2.45, 2.75) is 51.9 Å². The fourth-order valence-electron chi connectivity index (χ4n) is 3.42. The molecule has 0 unspecified atom stereocenters. The second kappa shape index (κ2) is 8.26. The number of hydrogen-bond acceptors (Lipinski definition) is 6. The molecule has 0 saturated carbocycles. The van der Waals surface area contributed by atoms with E-state index in [9.17, 15) is 0 Å². The molecule has 1 aliphatic rings. The Kier molecular flexibility index (Phi) is 5.82. The molecule has 2 aromatic rings. The Morgan fingerprint density at radius 1 is 0.750 bits per heavy atom. The van der Waals surface area contributed by atoms with E-state index in [4.69, 9.17) is 0 Å². The van der Waals surface area contributed by atoms with Gasteiger partial charge in [-0.05, 0) is 25.0 Å². The van der Waals surface area contributed by atoms with Gasteiger partial charge in [-0.15, -0.1) is 0 Å². The van der Waals surface area contributed by atoms with Crippen LogP contribution in [0.2, 0.25) is 0 Å². The third-order valence-electron chi connectivity index (χ3n) is 4.79.